The Hall–Kier alpha value is -3.38. The number of carboxylic acids is 1. The zero-order chi connectivity index (χ0) is 25.7. The number of carboxylic acid groups (broad SMARTS) is 1. The molecule has 1 N–H and O–H groups in total. The molecule has 1 aliphatic heterocycles. The van der Waals surface area contributed by atoms with E-state index in [9.17, 15) is 19.1 Å². The van der Waals surface area contributed by atoms with Crippen LogP contribution in [0.1, 0.15) is 35.6 Å². The molecule has 1 aliphatic rings. The molecule has 0 fully saturated rings. The second-order valence-corrected chi connectivity index (χ2v) is 10.00. The smallest absolute Gasteiger partial charge is 0.323 e. The van der Waals surface area contributed by atoms with Crippen LogP contribution in [0.4, 0.5) is 4.39 Å². The standard InChI is InChI=1S/C29H29ClFNO4/c1-29(17-22-5-9-24(30)10-6-22)18-23-15-21(7-11-26(23)36-29)8-12-27(33)32(19-28(34)35)14-13-20-3-2-4-25(31)16-20/h2-7,9-11,15-16H,8,12-14,17-19H2,1H3,(H,34,35)/t29-/m0/s1. The Kier molecular flexibility index (Phi) is 7.94. The molecule has 1 amide bonds. The van der Waals surface area contributed by atoms with Crippen LogP contribution in [0.3, 0.4) is 0 Å². The first-order chi connectivity index (χ1) is 17.2. The van der Waals surface area contributed by atoms with E-state index in [1.165, 1.54) is 17.0 Å². The van der Waals surface area contributed by atoms with Gasteiger partial charge in [-0.1, -0.05) is 48.0 Å². The van der Waals surface area contributed by atoms with Crippen molar-refractivity contribution in [3.63, 3.8) is 0 Å². The van der Waals surface area contributed by atoms with Gasteiger partial charge in [0.15, 0.2) is 0 Å². The van der Waals surface area contributed by atoms with Crippen molar-refractivity contribution in [2.45, 2.75) is 44.6 Å². The molecule has 5 nitrogen and oxygen atoms in total. The number of hydrogen-bond donors (Lipinski definition) is 1. The molecule has 0 aromatic heterocycles. The number of benzene rings is 3. The molecule has 188 valence electrons. The van der Waals surface area contributed by atoms with Crippen LogP contribution in [0.2, 0.25) is 5.02 Å². The number of ether oxygens (including phenoxy) is 1. The largest absolute Gasteiger partial charge is 0.487 e. The van der Waals surface area contributed by atoms with Crippen LogP contribution in [0, 0.1) is 5.82 Å². The van der Waals surface area contributed by atoms with Gasteiger partial charge in [0, 0.05) is 30.8 Å². The Morgan fingerprint density at radius 3 is 2.47 bits per heavy atom. The topological polar surface area (TPSA) is 66.8 Å². The number of fused-ring (bicyclic) bond motifs is 1. The van der Waals surface area contributed by atoms with Gasteiger partial charge in [0.2, 0.25) is 5.91 Å². The molecule has 1 atom stereocenters. The maximum Gasteiger partial charge on any atom is 0.323 e. The molecule has 1 heterocycles. The highest BCUT2D eigenvalue weighted by molar-refractivity contribution is 6.30. The van der Waals surface area contributed by atoms with Crippen LogP contribution in [0.5, 0.6) is 5.75 Å². The number of rotatable bonds is 10. The summed E-state index contributed by atoms with van der Waals surface area (Å²) in [7, 11) is 0. The molecule has 4 rings (SSSR count). The number of aryl methyl sites for hydroxylation is 1. The van der Waals surface area contributed by atoms with Gasteiger partial charge in [-0.15, -0.1) is 0 Å². The number of aliphatic carboxylic acids is 1. The zero-order valence-electron chi connectivity index (χ0n) is 20.2. The summed E-state index contributed by atoms with van der Waals surface area (Å²) in [5.74, 6) is -0.812. The van der Waals surface area contributed by atoms with E-state index in [-0.39, 0.29) is 36.8 Å². The van der Waals surface area contributed by atoms with E-state index >= 15 is 0 Å². The van der Waals surface area contributed by atoms with Gasteiger partial charge in [-0.3, -0.25) is 9.59 Å². The number of carbonyl (C=O) groups excluding carboxylic acids is 1. The van der Waals surface area contributed by atoms with E-state index in [0.29, 0.717) is 17.9 Å². The normalized spacial score (nSPS) is 16.3. The summed E-state index contributed by atoms with van der Waals surface area (Å²) in [4.78, 5) is 25.5. The molecule has 0 spiro atoms. The summed E-state index contributed by atoms with van der Waals surface area (Å²) < 4.78 is 19.7. The third kappa shape index (κ3) is 6.85. The molecular weight excluding hydrogens is 481 g/mol. The van der Waals surface area contributed by atoms with Crippen LogP contribution >= 0.6 is 11.6 Å². The minimum Gasteiger partial charge on any atom is -0.487 e. The summed E-state index contributed by atoms with van der Waals surface area (Å²) in [5, 5.41) is 9.96. The minimum atomic E-state index is -1.07. The summed E-state index contributed by atoms with van der Waals surface area (Å²) in [6, 6.07) is 19.9. The number of halogens is 2. The molecule has 0 aliphatic carbocycles. The van der Waals surface area contributed by atoms with Crippen molar-refractivity contribution >= 4 is 23.5 Å². The third-order valence-electron chi connectivity index (χ3n) is 6.40. The van der Waals surface area contributed by atoms with Crippen molar-refractivity contribution in [2.75, 3.05) is 13.1 Å². The maximum absolute atomic E-state index is 13.4. The zero-order valence-corrected chi connectivity index (χ0v) is 20.9. The van der Waals surface area contributed by atoms with Crippen molar-refractivity contribution in [3.05, 3.63) is 99.8 Å². The van der Waals surface area contributed by atoms with E-state index in [1.807, 2.05) is 36.4 Å². The average Bonchev–Trinajstić information content (AvgIpc) is 3.16. The second-order valence-electron chi connectivity index (χ2n) is 9.56. The number of amides is 1. The van der Waals surface area contributed by atoms with Gasteiger partial charge < -0.3 is 14.7 Å². The van der Waals surface area contributed by atoms with Crippen molar-refractivity contribution in [1.29, 1.82) is 0 Å². The van der Waals surface area contributed by atoms with Gasteiger partial charge in [0.1, 0.15) is 23.7 Å². The number of hydrogen-bond acceptors (Lipinski definition) is 3. The van der Waals surface area contributed by atoms with E-state index in [1.54, 1.807) is 12.1 Å². The van der Waals surface area contributed by atoms with Crippen molar-refractivity contribution in [3.8, 4) is 5.75 Å². The molecule has 0 saturated carbocycles. The van der Waals surface area contributed by atoms with Gasteiger partial charge >= 0.3 is 5.97 Å². The van der Waals surface area contributed by atoms with E-state index in [2.05, 4.69) is 13.0 Å². The third-order valence-corrected chi connectivity index (χ3v) is 6.65. The fraction of sp³-hybridized carbons (Fsp3) is 0.310. The lowest BCUT2D eigenvalue weighted by Crippen LogP contribution is -2.37. The molecule has 0 radical (unpaired) electrons. The van der Waals surface area contributed by atoms with Gasteiger partial charge in [0.05, 0.1) is 0 Å². The molecule has 3 aromatic rings. The SMILES string of the molecule is C[C@]1(Cc2ccc(Cl)cc2)Cc2cc(CCC(=O)N(CCc3cccc(F)c3)CC(=O)O)ccc2O1. The van der Waals surface area contributed by atoms with E-state index in [0.717, 1.165) is 40.8 Å². The number of nitrogens with zero attached hydrogens (tertiary/aromatic N) is 1. The molecule has 36 heavy (non-hydrogen) atoms. The average molecular weight is 510 g/mol. The predicted molar refractivity (Wildman–Crippen MR) is 137 cm³/mol. The molecule has 7 heteroatoms. The van der Waals surface area contributed by atoms with Crippen LogP contribution in [-0.4, -0.2) is 40.6 Å². The summed E-state index contributed by atoms with van der Waals surface area (Å²) in [5.41, 5.74) is 3.61. The highest BCUT2D eigenvalue weighted by Gasteiger charge is 2.35. The van der Waals surface area contributed by atoms with Crippen molar-refractivity contribution in [2.24, 2.45) is 0 Å². The highest BCUT2D eigenvalue weighted by atomic mass is 35.5. The minimum absolute atomic E-state index is 0.193. The fourth-order valence-corrected chi connectivity index (χ4v) is 4.81. The molecular formula is C29H29ClFNO4. The lowest BCUT2D eigenvalue weighted by atomic mass is 9.91. The Bertz CT molecular complexity index is 1250. The predicted octanol–water partition coefficient (Wildman–Crippen LogP) is 5.50. The van der Waals surface area contributed by atoms with Crippen LogP contribution < -0.4 is 4.74 Å². The molecule has 0 saturated heterocycles. The Morgan fingerprint density at radius 1 is 1.03 bits per heavy atom. The highest BCUT2D eigenvalue weighted by Crippen LogP contribution is 2.37. The van der Waals surface area contributed by atoms with E-state index < -0.39 is 5.97 Å². The first kappa shape index (κ1) is 25.7. The summed E-state index contributed by atoms with van der Waals surface area (Å²) >= 11 is 6.00. The lowest BCUT2D eigenvalue weighted by Gasteiger charge is -2.24. The molecule has 0 bridgehead atoms. The van der Waals surface area contributed by atoms with Crippen LogP contribution in [-0.2, 0) is 35.3 Å². The van der Waals surface area contributed by atoms with Crippen molar-refractivity contribution < 1.29 is 23.8 Å². The summed E-state index contributed by atoms with van der Waals surface area (Å²) in [6.45, 7) is 1.93. The molecule has 0 unspecified atom stereocenters. The Labute approximate surface area is 215 Å². The monoisotopic (exact) mass is 509 g/mol. The maximum atomic E-state index is 13.4. The lowest BCUT2D eigenvalue weighted by molar-refractivity contribution is -0.144. The van der Waals surface area contributed by atoms with E-state index in [4.69, 9.17) is 16.3 Å². The van der Waals surface area contributed by atoms with Crippen molar-refractivity contribution in [1.82, 2.24) is 4.90 Å². The Balaban J connectivity index is 1.35. The second kappa shape index (κ2) is 11.1. The number of carbonyl (C=O) groups is 2. The van der Waals surface area contributed by atoms with Crippen LogP contribution in [0.25, 0.3) is 0 Å². The Morgan fingerprint density at radius 2 is 1.75 bits per heavy atom. The quantitative estimate of drug-likeness (QED) is 0.391. The fourth-order valence-electron chi connectivity index (χ4n) is 4.68. The van der Waals surface area contributed by atoms with Gasteiger partial charge in [-0.25, -0.2) is 4.39 Å². The molecule has 3 aromatic carbocycles. The summed E-state index contributed by atoms with van der Waals surface area (Å²) in [6.07, 6.45) is 2.58. The van der Waals surface area contributed by atoms with Crippen LogP contribution in [0.15, 0.2) is 66.7 Å². The van der Waals surface area contributed by atoms with Gasteiger partial charge in [0.25, 0.3) is 0 Å². The van der Waals surface area contributed by atoms with Gasteiger partial charge in [-0.05, 0) is 72.4 Å². The first-order valence-corrected chi connectivity index (χ1v) is 12.4. The first-order valence-electron chi connectivity index (χ1n) is 12.0. The van der Waals surface area contributed by atoms with Gasteiger partial charge in [-0.2, -0.15) is 0 Å².